The maximum absolute atomic E-state index is 12.4. The van der Waals surface area contributed by atoms with Gasteiger partial charge in [-0.3, -0.25) is 4.90 Å². The van der Waals surface area contributed by atoms with Gasteiger partial charge in [0.2, 0.25) is 0 Å². The second kappa shape index (κ2) is 10.1. The van der Waals surface area contributed by atoms with E-state index in [2.05, 4.69) is 86.3 Å². The third-order valence-electron chi connectivity index (χ3n) is 6.10. The summed E-state index contributed by atoms with van der Waals surface area (Å²) in [7, 11) is 1.48. The van der Waals surface area contributed by atoms with E-state index in [0.29, 0.717) is 6.04 Å². The Labute approximate surface area is 181 Å². The van der Waals surface area contributed by atoms with E-state index in [1.165, 1.54) is 18.2 Å². The number of hydrogen-bond donors (Lipinski definition) is 0. The Morgan fingerprint density at radius 2 is 1.27 bits per heavy atom. The Morgan fingerprint density at radius 1 is 0.833 bits per heavy atom. The summed E-state index contributed by atoms with van der Waals surface area (Å²) in [4.78, 5) is 17.0. The highest BCUT2D eigenvalue weighted by Gasteiger charge is 2.37. The van der Waals surface area contributed by atoms with Crippen molar-refractivity contribution in [3.63, 3.8) is 0 Å². The largest absolute Gasteiger partial charge is 0.453 e. The molecule has 4 nitrogen and oxygen atoms in total. The van der Waals surface area contributed by atoms with Crippen LogP contribution in [0.5, 0.6) is 0 Å². The van der Waals surface area contributed by atoms with Crippen LogP contribution in [0.15, 0.2) is 60.7 Å². The summed E-state index contributed by atoms with van der Waals surface area (Å²) in [6.07, 6.45) is 3.99. The summed E-state index contributed by atoms with van der Waals surface area (Å²) in [5.41, 5.74) is 2.46. The summed E-state index contributed by atoms with van der Waals surface area (Å²) < 4.78 is 5.10. The molecule has 0 saturated heterocycles. The first-order valence-electron chi connectivity index (χ1n) is 11.1. The molecule has 1 saturated carbocycles. The molecule has 2 aromatic carbocycles. The van der Waals surface area contributed by atoms with Gasteiger partial charge in [-0.1, -0.05) is 60.7 Å². The molecule has 2 aromatic rings. The molecule has 1 fully saturated rings. The molecule has 4 heteroatoms. The number of carbonyl (C=O) groups is 1. The van der Waals surface area contributed by atoms with E-state index in [9.17, 15) is 4.79 Å². The fourth-order valence-corrected chi connectivity index (χ4v) is 4.70. The van der Waals surface area contributed by atoms with Crippen molar-refractivity contribution in [2.24, 2.45) is 0 Å². The zero-order chi connectivity index (χ0) is 21.6. The molecule has 0 unspecified atom stereocenters. The average Bonchev–Trinajstić information content (AvgIpc) is 2.74. The normalized spacial score (nSPS) is 19.5. The lowest BCUT2D eigenvalue weighted by molar-refractivity contribution is 0.0293. The number of ether oxygens (including phenoxy) is 1. The molecular weight excluding hydrogens is 372 g/mol. The standard InChI is InChI=1S/C26H36N2O2/c1-26(2,3)28(25(29)30-4)24-17-15-23(16-18-24)27(19-21-11-7-5-8-12-21)20-22-13-9-6-10-14-22/h5-14,23-24H,15-20H2,1-4H3. The number of carbonyl (C=O) groups excluding carboxylic acids is 1. The molecule has 0 atom stereocenters. The second-order valence-electron chi connectivity index (χ2n) is 9.35. The molecule has 30 heavy (non-hydrogen) atoms. The van der Waals surface area contributed by atoms with Crippen LogP contribution in [0, 0.1) is 0 Å². The van der Waals surface area contributed by atoms with Gasteiger partial charge in [-0.15, -0.1) is 0 Å². The van der Waals surface area contributed by atoms with Crippen molar-refractivity contribution in [1.29, 1.82) is 0 Å². The molecular formula is C26H36N2O2. The molecule has 0 aromatic heterocycles. The molecule has 0 spiro atoms. The van der Waals surface area contributed by atoms with E-state index >= 15 is 0 Å². The van der Waals surface area contributed by atoms with Crippen molar-refractivity contribution < 1.29 is 9.53 Å². The van der Waals surface area contributed by atoms with E-state index < -0.39 is 0 Å². The first-order chi connectivity index (χ1) is 14.4. The first kappa shape index (κ1) is 22.4. The quantitative estimate of drug-likeness (QED) is 0.599. The van der Waals surface area contributed by atoms with Crippen molar-refractivity contribution in [2.45, 2.75) is 77.2 Å². The number of methoxy groups -OCH3 is 1. The van der Waals surface area contributed by atoms with Gasteiger partial charge in [-0.05, 0) is 57.6 Å². The second-order valence-corrected chi connectivity index (χ2v) is 9.35. The summed E-state index contributed by atoms with van der Waals surface area (Å²) in [5.74, 6) is 0. The zero-order valence-electron chi connectivity index (χ0n) is 18.9. The Hall–Kier alpha value is -2.33. The van der Waals surface area contributed by atoms with Crippen LogP contribution in [0.1, 0.15) is 57.6 Å². The summed E-state index contributed by atoms with van der Waals surface area (Å²) in [6.45, 7) is 8.17. The van der Waals surface area contributed by atoms with Crippen molar-refractivity contribution in [3.8, 4) is 0 Å². The Morgan fingerprint density at radius 3 is 1.67 bits per heavy atom. The van der Waals surface area contributed by atoms with Gasteiger partial charge in [0.05, 0.1) is 7.11 Å². The molecule has 3 rings (SSSR count). The van der Waals surface area contributed by atoms with Crippen LogP contribution in [-0.4, -0.2) is 40.6 Å². The van der Waals surface area contributed by atoms with Crippen LogP contribution in [0.25, 0.3) is 0 Å². The van der Waals surface area contributed by atoms with Crippen molar-refractivity contribution in [1.82, 2.24) is 9.80 Å². The summed E-state index contributed by atoms with van der Waals surface area (Å²) >= 11 is 0. The molecule has 0 bridgehead atoms. The van der Waals surface area contributed by atoms with Crippen LogP contribution >= 0.6 is 0 Å². The fraction of sp³-hybridized carbons (Fsp3) is 0.500. The molecule has 1 aliphatic carbocycles. The first-order valence-corrected chi connectivity index (χ1v) is 11.1. The predicted octanol–water partition coefficient (Wildman–Crippen LogP) is 5.87. The van der Waals surface area contributed by atoms with Crippen LogP contribution in [0.3, 0.4) is 0 Å². The molecule has 162 valence electrons. The van der Waals surface area contributed by atoms with Crippen LogP contribution in [0.2, 0.25) is 0 Å². The monoisotopic (exact) mass is 408 g/mol. The molecule has 1 amide bonds. The maximum atomic E-state index is 12.4. The lowest BCUT2D eigenvalue weighted by Crippen LogP contribution is -2.53. The smallest absolute Gasteiger partial charge is 0.410 e. The number of rotatable bonds is 6. The van der Waals surface area contributed by atoms with Gasteiger partial charge in [0.1, 0.15) is 0 Å². The highest BCUT2D eigenvalue weighted by molar-refractivity contribution is 5.68. The van der Waals surface area contributed by atoms with Gasteiger partial charge in [-0.25, -0.2) is 4.79 Å². The van der Waals surface area contributed by atoms with Gasteiger partial charge in [-0.2, -0.15) is 0 Å². The molecule has 1 aliphatic rings. The Kier molecular flexibility index (Phi) is 7.54. The molecule has 0 aliphatic heterocycles. The van der Waals surface area contributed by atoms with E-state index in [1.54, 1.807) is 0 Å². The molecule has 0 radical (unpaired) electrons. The molecule has 0 heterocycles. The minimum absolute atomic E-state index is 0.212. The number of amides is 1. The van der Waals surface area contributed by atoms with E-state index in [-0.39, 0.29) is 17.7 Å². The summed E-state index contributed by atoms with van der Waals surface area (Å²) in [5, 5.41) is 0. The van der Waals surface area contributed by atoms with Crippen LogP contribution in [0.4, 0.5) is 4.79 Å². The van der Waals surface area contributed by atoms with Gasteiger partial charge in [0.15, 0.2) is 0 Å². The van der Waals surface area contributed by atoms with E-state index in [4.69, 9.17) is 4.74 Å². The van der Waals surface area contributed by atoms with Gasteiger partial charge in [0.25, 0.3) is 0 Å². The Balaban J connectivity index is 1.71. The average molecular weight is 409 g/mol. The summed E-state index contributed by atoms with van der Waals surface area (Å²) in [6, 6.07) is 22.2. The number of benzene rings is 2. The van der Waals surface area contributed by atoms with Crippen LogP contribution < -0.4 is 0 Å². The Bertz CT molecular complexity index is 736. The third-order valence-corrected chi connectivity index (χ3v) is 6.10. The topological polar surface area (TPSA) is 32.8 Å². The highest BCUT2D eigenvalue weighted by atomic mass is 16.5. The van der Waals surface area contributed by atoms with Crippen molar-refractivity contribution >= 4 is 6.09 Å². The lowest BCUT2D eigenvalue weighted by atomic mass is 9.87. The number of nitrogens with zero attached hydrogens (tertiary/aromatic N) is 2. The molecule has 0 N–H and O–H groups in total. The highest BCUT2D eigenvalue weighted by Crippen LogP contribution is 2.32. The fourth-order valence-electron chi connectivity index (χ4n) is 4.70. The minimum Gasteiger partial charge on any atom is -0.453 e. The van der Waals surface area contributed by atoms with Gasteiger partial charge < -0.3 is 9.64 Å². The van der Waals surface area contributed by atoms with Crippen molar-refractivity contribution in [3.05, 3.63) is 71.8 Å². The predicted molar refractivity (Wildman–Crippen MR) is 122 cm³/mol. The lowest BCUT2D eigenvalue weighted by Gasteiger charge is -2.45. The van der Waals surface area contributed by atoms with E-state index in [1.807, 2.05) is 4.90 Å². The van der Waals surface area contributed by atoms with Gasteiger partial charge >= 0.3 is 6.09 Å². The van der Waals surface area contributed by atoms with Gasteiger partial charge in [0, 0.05) is 30.7 Å². The zero-order valence-corrected chi connectivity index (χ0v) is 18.9. The third kappa shape index (κ3) is 5.85. The SMILES string of the molecule is COC(=O)N(C1CCC(N(Cc2ccccc2)Cc2ccccc2)CC1)C(C)(C)C. The maximum Gasteiger partial charge on any atom is 0.410 e. The van der Waals surface area contributed by atoms with E-state index in [0.717, 1.165) is 38.8 Å². The number of hydrogen-bond acceptors (Lipinski definition) is 3. The minimum atomic E-state index is -0.238. The van der Waals surface area contributed by atoms with Crippen LogP contribution in [-0.2, 0) is 17.8 Å². The van der Waals surface area contributed by atoms with Crippen molar-refractivity contribution in [2.75, 3.05) is 7.11 Å².